The standard InChI is InChI=1S/C20H26FN3O2.HI/c1-22-20(23-11-10-16-4-3-5-18(21)14-16)24-15-17-6-8-19(9-7-17)26-13-12-25-2;/h3-9,14H,10-13,15H2,1-2H3,(H2,22,23,24);1H. The van der Waals surface area contributed by atoms with Gasteiger partial charge >= 0.3 is 0 Å². The SMILES string of the molecule is CN=C(NCCc1cccc(F)c1)NCc1ccc(OCCOC)cc1.I. The van der Waals surface area contributed by atoms with Crippen LogP contribution in [0.25, 0.3) is 0 Å². The monoisotopic (exact) mass is 487 g/mol. The molecule has 0 fully saturated rings. The Hall–Kier alpha value is -1.87. The highest BCUT2D eigenvalue weighted by molar-refractivity contribution is 14.0. The molecule has 0 aliphatic rings. The maximum Gasteiger partial charge on any atom is 0.191 e. The van der Waals surface area contributed by atoms with E-state index in [0.717, 1.165) is 23.3 Å². The van der Waals surface area contributed by atoms with Crippen molar-refractivity contribution in [3.63, 3.8) is 0 Å². The molecule has 5 nitrogen and oxygen atoms in total. The smallest absolute Gasteiger partial charge is 0.191 e. The molecule has 2 aromatic rings. The predicted molar refractivity (Wildman–Crippen MR) is 118 cm³/mol. The molecule has 2 N–H and O–H groups in total. The molecule has 0 amide bonds. The third kappa shape index (κ3) is 9.05. The first-order chi connectivity index (χ1) is 12.7. The van der Waals surface area contributed by atoms with Crippen LogP contribution in [0.3, 0.4) is 0 Å². The van der Waals surface area contributed by atoms with Gasteiger partial charge in [-0.1, -0.05) is 24.3 Å². The van der Waals surface area contributed by atoms with Crippen LogP contribution in [0.5, 0.6) is 5.75 Å². The number of aliphatic imine (C=N–C) groups is 1. The topological polar surface area (TPSA) is 54.9 Å². The summed E-state index contributed by atoms with van der Waals surface area (Å²) < 4.78 is 23.7. The molecule has 148 valence electrons. The van der Waals surface area contributed by atoms with Gasteiger partial charge in [0.05, 0.1) is 6.61 Å². The average molecular weight is 487 g/mol. The Morgan fingerprint density at radius 2 is 1.81 bits per heavy atom. The summed E-state index contributed by atoms with van der Waals surface area (Å²) in [4.78, 5) is 4.20. The lowest BCUT2D eigenvalue weighted by Crippen LogP contribution is -2.37. The Morgan fingerprint density at radius 3 is 2.48 bits per heavy atom. The van der Waals surface area contributed by atoms with E-state index in [4.69, 9.17) is 9.47 Å². The van der Waals surface area contributed by atoms with E-state index in [0.29, 0.717) is 32.3 Å². The fraction of sp³-hybridized carbons (Fsp3) is 0.350. The first kappa shape index (κ1) is 23.2. The van der Waals surface area contributed by atoms with Crippen molar-refractivity contribution in [1.82, 2.24) is 10.6 Å². The van der Waals surface area contributed by atoms with Crippen LogP contribution in [0.1, 0.15) is 11.1 Å². The van der Waals surface area contributed by atoms with E-state index in [1.54, 1.807) is 26.3 Å². The molecule has 0 saturated carbocycles. The molecule has 0 aromatic heterocycles. The van der Waals surface area contributed by atoms with E-state index in [2.05, 4.69) is 15.6 Å². The molecule has 0 radical (unpaired) electrons. The van der Waals surface area contributed by atoms with Gasteiger partial charge in [-0.05, 0) is 41.8 Å². The number of nitrogens with zero attached hydrogens (tertiary/aromatic N) is 1. The van der Waals surface area contributed by atoms with Crippen molar-refractivity contribution in [2.24, 2.45) is 4.99 Å². The molecule has 0 aliphatic carbocycles. The average Bonchev–Trinajstić information content (AvgIpc) is 2.66. The highest BCUT2D eigenvalue weighted by Crippen LogP contribution is 2.12. The first-order valence-electron chi connectivity index (χ1n) is 8.61. The van der Waals surface area contributed by atoms with Gasteiger partial charge in [0.2, 0.25) is 0 Å². The number of methoxy groups -OCH3 is 1. The van der Waals surface area contributed by atoms with Crippen LogP contribution in [-0.4, -0.2) is 39.9 Å². The lowest BCUT2D eigenvalue weighted by atomic mass is 10.1. The molecular formula is C20H27FIN3O2. The Morgan fingerprint density at radius 1 is 1.04 bits per heavy atom. The predicted octanol–water partition coefficient (Wildman–Crippen LogP) is 3.38. The lowest BCUT2D eigenvalue weighted by Gasteiger charge is -2.12. The zero-order chi connectivity index (χ0) is 18.6. The zero-order valence-corrected chi connectivity index (χ0v) is 18.0. The van der Waals surface area contributed by atoms with E-state index in [1.165, 1.54) is 6.07 Å². The summed E-state index contributed by atoms with van der Waals surface area (Å²) in [5.74, 6) is 1.32. The fourth-order valence-corrected chi connectivity index (χ4v) is 2.37. The molecule has 27 heavy (non-hydrogen) atoms. The van der Waals surface area contributed by atoms with Gasteiger partial charge in [-0.25, -0.2) is 4.39 Å². The molecule has 0 bridgehead atoms. The van der Waals surface area contributed by atoms with Gasteiger partial charge in [0.1, 0.15) is 18.2 Å². The van der Waals surface area contributed by atoms with Gasteiger partial charge in [0, 0.05) is 27.2 Å². The Balaban J connectivity index is 0.00000364. The minimum atomic E-state index is -0.209. The van der Waals surface area contributed by atoms with Crippen LogP contribution in [0.4, 0.5) is 4.39 Å². The summed E-state index contributed by atoms with van der Waals surface area (Å²) in [7, 11) is 3.38. The lowest BCUT2D eigenvalue weighted by molar-refractivity contribution is 0.146. The quantitative estimate of drug-likeness (QED) is 0.247. The Labute approximate surface area is 177 Å². The van der Waals surface area contributed by atoms with Crippen LogP contribution < -0.4 is 15.4 Å². The maximum absolute atomic E-state index is 13.2. The van der Waals surface area contributed by atoms with Crippen molar-refractivity contribution in [3.8, 4) is 5.75 Å². The van der Waals surface area contributed by atoms with Crippen molar-refractivity contribution >= 4 is 29.9 Å². The zero-order valence-electron chi connectivity index (χ0n) is 15.7. The van der Waals surface area contributed by atoms with E-state index in [1.807, 2.05) is 30.3 Å². The van der Waals surface area contributed by atoms with Gasteiger partial charge in [0.25, 0.3) is 0 Å². The minimum absolute atomic E-state index is 0. The van der Waals surface area contributed by atoms with E-state index in [9.17, 15) is 4.39 Å². The summed E-state index contributed by atoms with van der Waals surface area (Å²) in [6.07, 6.45) is 0.728. The van der Waals surface area contributed by atoms with Crippen LogP contribution in [0.2, 0.25) is 0 Å². The Bertz CT molecular complexity index is 696. The highest BCUT2D eigenvalue weighted by Gasteiger charge is 2.01. The highest BCUT2D eigenvalue weighted by atomic mass is 127. The second-order valence-corrected chi connectivity index (χ2v) is 5.72. The van der Waals surface area contributed by atoms with Gasteiger partial charge < -0.3 is 20.1 Å². The summed E-state index contributed by atoms with van der Waals surface area (Å²) in [5, 5.41) is 6.49. The summed E-state index contributed by atoms with van der Waals surface area (Å²) in [6, 6.07) is 14.5. The number of benzene rings is 2. The number of halogens is 2. The summed E-state index contributed by atoms with van der Waals surface area (Å²) >= 11 is 0. The fourth-order valence-electron chi connectivity index (χ4n) is 2.37. The van der Waals surface area contributed by atoms with E-state index < -0.39 is 0 Å². The van der Waals surface area contributed by atoms with Gasteiger partial charge in [0.15, 0.2) is 5.96 Å². The van der Waals surface area contributed by atoms with Crippen LogP contribution >= 0.6 is 24.0 Å². The Kier molecular flexibility index (Phi) is 11.4. The molecule has 0 atom stereocenters. The summed E-state index contributed by atoms with van der Waals surface area (Å²) in [5.41, 5.74) is 2.08. The molecule has 0 heterocycles. The largest absolute Gasteiger partial charge is 0.491 e. The molecule has 0 saturated heterocycles. The maximum atomic E-state index is 13.2. The molecule has 0 spiro atoms. The number of nitrogens with one attached hydrogen (secondary N) is 2. The van der Waals surface area contributed by atoms with Gasteiger partial charge in [-0.3, -0.25) is 4.99 Å². The van der Waals surface area contributed by atoms with Gasteiger partial charge in [-0.2, -0.15) is 0 Å². The third-order valence-electron chi connectivity index (χ3n) is 3.76. The third-order valence-corrected chi connectivity index (χ3v) is 3.76. The van der Waals surface area contributed by atoms with Crippen molar-refractivity contribution in [2.75, 3.05) is 33.9 Å². The van der Waals surface area contributed by atoms with Crippen molar-refractivity contribution < 1.29 is 13.9 Å². The number of ether oxygens (including phenoxy) is 2. The number of hydrogen-bond acceptors (Lipinski definition) is 3. The van der Waals surface area contributed by atoms with Crippen LogP contribution in [0, 0.1) is 5.82 Å². The molecule has 0 aliphatic heterocycles. The normalized spacial score (nSPS) is 10.9. The van der Waals surface area contributed by atoms with Gasteiger partial charge in [-0.15, -0.1) is 24.0 Å². The first-order valence-corrected chi connectivity index (χ1v) is 8.61. The van der Waals surface area contributed by atoms with Crippen LogP contribution in [0.15, 0.2) is 53.5 Å². The van der Waals surface area contributed by atoms with E-state index in [-0.39, 0.29) is 29.8 Å². The minimum Gasteiger partial charge on any atom is -0.491 e. The van der Waals surface area contributed by atoms with Crippen LogP contribution in [-0.2, 0) is 17.7 Å². The van der Waals surface area contributed by atoms with Crippen molar-refractivity contribution in [3.05, 3.63) is 65.5 Å². The molecular weight excluding hydrogens is 460 g/mol. The van der Waals surface area contributed by atoms with E-state index >= 15 is 0 Å². The molecule has 7 heteroatoms. The molecule has 2 aromatic carbocycles. The molecule has 0 unspecified atom stereocenters. The molecule has 2 rings (SSSR count). The number of guanidine groups is 1. The van der Waals surface area contributed by atoms with Crippen molar-refractivity contribution in [2.45, 2.75) is 13.0 Å². The van der Waals surface area contributed by atoms with Crippen molar-refractivity contribution in [1.29, 1.82) is 0 Å². The summed E-state index contributed by atoms with van der Waals surface area (Å²) in [6.45, 7) is 2.43. The second kappa shape index (κ2) is 13.3. The number of hydrogen-bond donors (Lipinski definition) is 2. The second-order valence-electron chi connectivity index (χ2n) is 5.72. The number of rotatable bonds is 9.